The molecule has 0 unspecified atom stereocenters. The minimum Gasteiger partial charge on any atom is -0.494 e. The Morgan fingerprint density at radius 2 is 1.14 bits per heavy atom. The molecule has 0 spiro atoms. The molecule has 2 rings (SSSR count). The van der Waals surface area contributed by atoms with Crippen molar-refractivity contribution in [1.82, 2.24) is 9.97 Å². The van der Waals surface area contributed by atoms with Crippen molar-refractivity contribution in [3.05, 3.63) is 23.3 Å². The molecule has 116 valence electrons. The van der Waals surface area contributed by atoms with Gasteiger partial charge in [0.05, 0.1) is 0 Å². The van der Waals surface area contributed by atoms with Crippen LogP contribution in [0.5, 0.6) is 23.5 Å². The maximum Gasteiger partial charge on any atom is 0.524 e. The Morgan fingerprint density at radius 3 is 1.41 bits per heavy atom. The Morgan fingerprint density at radius 1 is 0.773 bits per heavy atom. The van der Waals surface area contributed by atoms with Crippen LogP contribution in [0.4, 0.5) is 4.79 Å². The summed E-state index contributed by atoms with van der Waals surface area (Å²) in [6.45, 7) is 0. The Labute approximate surface area is 120 Å². The van der Waals surface area contributed by atoms with Gasteiger partial charge in [-0.3, -0.25) is 9.97 Å². The van der Waals surface area contributed by atoms with Crippen molar-refractivity contribution in [3.8, 4) is 23.5 Å². The second kappa shape index (κ2) is 5.40. The lowest BCUT2D eigenvalue weighted by atomic mass is 10.3. The molecule has 2 aromatic rings. The molecule has 11 nitrogen and oxygen atoms in total. The first-order valence-electron chi connectivity index (χ1n) is 5.48. The maximum absolute atomic E-state index is 11.5. The molecule has 0 saturated heterocycles. The lowest BCUT2D eigenvalue weighted by molar-refractivity contribution is 0.0335. The van der Waals surface area contributed by atoms with Gasteiger partial charge in [-0.05, 0) is 0 Å². The van der Waals surface area contributed by atoms with E-state index in [9.17, 15) is 24.6 Å². The lowest BCUT2D eigenvalue weighted by Gasteiger charge is -2.02. The highest BCUT2D eigenvalue weighted by molar-refractivity contribution is 6.02. The molecule has 0 aliphatic rings. The van der Waals surface area contributed by atoms with Crippen molar-refractivity contribution >= 4 is 18.1 Å². The monoisotopic (exact) mass is 312 g/mol. The molecule has 0 radical (unpaired) electrons. The van der Waals surface area contributed by atoms with E-state index in [2.05, 4.69) is 9.47 Å². The minimum absolute atomic E-state index is 0.554. The number of esters is 2. The molecule has 0 atom stereocenters. The average Bonchev–Trinajstić information content (AvgIpc) is 2.91. The first-order valence-corrected chi connectivity index (χ1v) is 5.48. The third kappa shape index (κ3) is 2.92. The smallest absolute Gasteiger partial charge is 0.494 e. The molecule has 2 heterocycles. The van der Waals surface area contributed by atoms with Crippen LogP contribution in [0.2, 0.25) is 0 Å². The van der Waals surface area contributed by atoms with E-state index in [-0.39, 0.29) is 0 Å². The van der Waals surface area contributed by atoms with Gasteiger partial charge in [-0.15, -0.1) is 0 Å². The number of H-pyrrole nitrogens is 2. The second-order valence-corrected chi connectivity index (χ2v) is 3.86. The van der Waals surface area contributed by atoms with Crippen molar-refractivity contribution in [1.29, 1.82) is 0 Å². The minimum atomic E-state index is -1.74. The number of aromatic hydroxyl groups is 4. The lowest BCUT2D eigenvalue weighted by Crippen LogP contribution is -2.17. The van der Waals surface area contributed by atoms with Gasteiger partial charge >= 0.3 is 18.1 Å². The summed E-state index contributed by atoms with van der Waals surface area (Å²) in [5.74, 6) is -5.41. The summed E-state index contributed by atoms with van der Waals surface area (Å²) in [5.41, 5.74) is -1.13. The largest absolute Gasteiger partial charge is 0.524 e. The van der Waals surface area contributed by atoms with Crippen LogP contribution in [0, 0.1) is 0 Å². The summed E-state index contributed by atoms with van der Waals surface area (Å²) in [7, 11) is 0. The van der Waals surface area contributed by atoms with Crippen molar-refractivity contribution in [3.63, 3.8) is 0 Å². The summed E-state index contributed by atoms with van der Waals surface area (Å²) in [6, 6.07) is 1.56. The number of nitrogens with one attached hydrogen (secondary N) is 2. The zero-order valence-corrected chi connectivity index (χ0v) is 10.5. The molecule has 0 aliphatic carbocycles. The highest BCUT2D eigenvalue weighted by Crippen LogP contribution is 2.24. The molecule has 2 aromatic heterocycles. The highest BCUT2D eigenvalue weighted by Gasteiger charge is 2.25. The molecule has 22 heavy (non-hydrogen) atoms. The van der Waals surface area contributed by atoms with Gasteiger partial charge in [-0.2, -0.15) is 0 Å². The number of carbonyl (C=O) groups is 3. The van der Waals surface area contributed by atoms with Crippen molar-refractivity contribution in [2.24, 2.45) is 0 Å². The molecule has 11 heteroatoms. The van der Waals surface area contributed by atoms with Crippen LogP contribution in [0.1, 0.15) is 20.7 Å². The van der Waals surface area contributed by atoms with Crippen LogP contribution in [0.3, 0.4) is 0 Å². The number of hydrogen-bond acceptors (Lipinski definition) is 9. The Hall–Kier alpha value is -3.63. The van der Waals surface area contributed by atoms with Gasteiger partial charge in [-0.25, -0.2) is 14.4 Å². The molecular formula is C11H8N2O9. The number of aromatic nitrogens is 2. The van der Waals surface area contributed by atoms with E-state index >= 15 is 0 Å². The van der Waals surface area contributed by atoms with E-state index in [0.29, 0.717) is 0 Å². The third-order valence-electron chi connectivity index (χ3n) is 2.36. The molecular weight excluding hydrogens is 304 g/mol. The number of carbonyl (C=O) groups excluding carboxylic acids is 3. The molecule has 0 saturated carbocycles. The van der Waals surface area contributed by atoms with E-state index < -0.39 is 52.7 Å². The fourth-order valence-corrected chi connectivity index (χ4v) is 1.45. The fraction of sp³-hybridized carbons (Fsp3) is 0. The van der Waals surface area contributed by atoms with Gasteiger partial charge in [0.1, 0.15) is 11.1 Å². The van der Waals surface area contributed by atoms with Crippen molar-refractivity contribution in [2.75, 3.05) is 0 Å². The van der Waals surface area contributed by atoms with Crippen LogP contribution in [0.15, 0.2) is 12.1 Å². The topological polar surface area (TPSA) is 182 Å². The predicted molar refractivity (Wildman–Crippen MR) is 64.5 cm³/mol. The Bertz CT molecular complexity index is 695. The van der Waals surface area contributed by atoms with E-state index in [1.807, 2.05) is 9.97 Å². The molecule has 0 amide bonds. The number of aromatic amines is 2. The standard InChI is InChI=1S/C11H8N2O9/c14-5-1-3(7(16)12-5)9(18)21-11(20)22-10(19)4-2-6(15)13-8(4)17/h1-2,12-17H. The summed E-state index contributed by atoms with van der Waals surface area (Å²) in [6.07, 6.45) is -1.74. The van der Waals surface area contributed by atoms with Gasteiger partial charge < -0.3 is 29.9 Å². The van der Waals surface area contributed by atoms with E-state index in [1.54, 1.807) is 0 Å². The normalized spacial score (nSPS) is 10.2. The molecule has 0 aliphatic heterocycles. The maximum atomic E-state index is 11.5. The van der Waals surface area contributed by atoms with Crippen LogP contribution >= 0.6 is 0 Å². The number of ether oxygens (including phenoxy) is 2. The van der Waals surface area contributed by atoms with Crippen molar-refractivity contribution < 1.29 is 44.3 Å². The van der Waals surface area contributed by atoms with E-state index in [1.165, 1.54) is 0 Å². The van der Waals surface area contributed by atoms with E-state index in [4.69, 9.17) is 10.2 Å². The van der Waals surface area contributed by atoms with Crippen LogP contribution in [0.25, 0.3) is 0 Å². The zero-order valence-electron chi connectivity index (χ0n) is 10.5. The SMILES string of the molecule is O=C(OC(=O)c1cc(O)[nH]c1O)OC(=O)c1cc(O)[nH]c1O. The zero-order chi connectivity index (χ0) is 16.4. The Kier molecular flexibility index (Phi) is 3.62. The van der Waals surface area contributed by atoms with Gasteiger partial charge in [0.2, 0.25) is 11.8 Å². The number of rotatable bonds is 2. The first kappa shape index (κ1) is 14.8. The fourth-order valence-electron chi connectivity index (χ4n) is 1.45. The van der Waals surface area contributed by atoms with Crippen LogP contribution < -0.4 is 0 Å². The van der Waals surface area contributed by atoms with Gasteiger partial charge in [-0.1, -0.05) is 0 Å². The third-order valence-corrected chi connectivity index (χ3v) is 2.36. The van der Waals surface area contributed by atoms with Gasteiger partial charge in [0.15, 0.2) is 11.8 Å². The summed E-state index contributed by atoms with van der Waals surface area (Å²) < 4.78 is 8.21. The summed E-state index contributed by atoms with van der Waals surface area (Å²) in [5, 5.41) is 36.4. The van der Waals surface area contributed by atoms with Gasteiger partial charge in [0.25, 0.3) is 0 Å². The molecule has 0 bridgehead atoms. The number of hydrogen-bond donors (Lipinski definition) is 6. The molecule has 0 fully saturated rings. The van der Waals surface area contributed by atoms with E-state index in [0.717, 1.165) is 12.1 Å². The van der Waals surface area contributed by atoms with Crippen LogP contribution in [-0.4, -0.2) is 48.5 Å². The first-order chi connectivity index (χ1) is 10.3. The summed E-state index contributed by atoms with van der Waals surface area (Å²) in [4.78, 5) is 38.1. The predicted octanol–water partition coefficient (Wildman–Crippen LogP) is 0.299. The Balaban J connectivity index is 2.01. The highest BCUT2D eigenvalue weighted by atomic mass is 16.8. The summed E-state index contributed by atoms with van der Waals surface area (Å²) >= 11 is 0. The van der Waals surface area contributed by atoms with Crippen LogP contribution in [-0.2, 0) is 9.47 Å². The second-order valence-electron chi connectivity index (χ2n) is 3.86. The van der Waals surface area contributed by atoms with Crippen molar-refractivity contribution in [2.45, 2.75) is 0 Å². The molecule has 6 N–H and O–H groups in total. The average molecular weight is 312 g/mol. The molecule has 0 aromatic carbocycles. The van der Waals surface area contributed by atoms with Gasteiger partial charge in [0, 0.05) is 12.1 Å². The quantitative estimate of drug-likeness (QED) is 0.335.